The van der Waals surface area contributed by atoms with E-state index in [2.05, 4.69) is 0 Å². The van der Waals surface area contributed by atoms with Crippen LogP contribution in [0.3, 0.4) is 0 Å². The third-order valence-corrected chi connectivity index (χ3v) is 8.97. The second kappa shape index (κ2) is 18.3. The van der Waals surface area contributed by atoms with E-state index >= 15 is 0 Å². The Balaban J connectivity index is 1.45. The molecule has 4 heterocycles. The molecule has 0 bridgehead atoms. The van der Waals surface area contributed by atoms with Crippen molar-refractivity contribution < 1.29 is 104 Å². The van der Waals surface area contributed by atoms with Crippen molar-refractivity contribution in [2.45, 2.75) is 130 Å². The highest BCUT2D eigenvalue weighted by Crippen LogP contribution is 2.33. The van der Waals surface area contributed by atoms with Gasteiger partial charge in [0.1, 0.15) is 97.7 Å². The van der Waals surface area contributed by atoms with E-state index in [0.717, 1.165) is 0 Å². The lowest BCUT2D eigenvalue weighted by atomic mass is 9.96. The maximum Gasteiger partial charge on any atom is 0.187 e. The van der Waals surface area contributed by atoms with Gasteiger partial charge in [-0.1, -0.05) is 0 Å². The third kappa shape index (κ3) is 8.70. The van der Waals surface area contributed by atoms with Crippen LogP contribution in [0.1, 0.15) is 6.92 Å². The summed E-state index contributed by atoms with van der Waals surface area (Å²) in [6.07, 6.45) is -30.6. The first-order valence-electron chi connectivity index (χ1n) is 15.9. The molecule has 4 aliphatic rings. The molecule has 4 aliphatic heterocycles. The number of aliphatic hydroxyl groups is 11. The zero-order valence-corrected chi connectivity index (χ0v) is 27.1. The number of hydrogen-bond acceptors (Lipinski definition) is 21. The van der Waals surface area contributed by atoms with Gasteiger partial charge in [-0.3, -0.25) is 0 Å². The summed E-state index contributed by atoms with van der Waals surface area (Å²) in [6, 6.07) is 0. The van der Waals surface area contributed by atoms with Gasteiger partial charge in [-0.05, 0) is 6.92 Å². The number of rotatable bonds is 14. The van der Waals surface area contributed by atoms with E-state index in [1.807, 2.05) is 0 Å². The van der Waals surface area contributed by atoms with E-state index in [1.54, 1.807) is 6.92 Å². The van der Waals surface area contributed by atoms with Crippen LogP contribution in [0.4, 0.5) is 0 Å². The lowest BCUT2D eigenvalue weighted by Gasteiger charge is -2.48. The molecular weight excluding hydrogens is 672 g/mol. The summed E-state index contributed by atoms with van der Waals surface area (Å²) in [5, 5.41) is 115. The van der Waals surface area contributed by atoms with E-state index < -0.39 is 149 Å². The molecule has 49 heavy (non-hydrogen) atoms. The first-order valence-corrected chi connectivity index (χ1v) is 15.9. The molecule has 4 saturated heterocycles. The summed E-state index contributed by atoms with van der Waals surface area (Å²) in [4.78, 5) is 0. The lowest BCUT2D eigenvalue weighted by Crippen LogP contribution is -2.66. The normalized spacial score (nSPS) is 49.6. The minimum absolute atomic E-state index is 0.130. The molecule has 0 aromatic heterocycles. The molecule has 0 aromatic carbocycles. The Hall–Kier alpha value is -0.840. The number of ether oxygens (including phenoxy) is 10. The van der Waals surface area contributed by atoms with Gasteiger partial charge in [0.2, 0.25) is 0 Å². The van der Waals surface area contributed by atoms with Crippen LogP contribution in [-0.4, -0.2) is 226 Å². The van der Waals surface area contributed by atoms with Gasteiger partial charge in [0.15, 0.2) is 25.2 Å². The quantitative estimate of drug-likeness (QED) is 0.0793. The van der Waals surface area contributed by atoms with E-state index in [1.165, 1.54) is 14.2 Å². The monoisotopic (exact) mass is 722 g/mol. The Kier molecular flexibility index (Phi) is 15.3. The highest BCUT2D eigenvalue weighted by atomic mass is 16.8. The molecule has 0 amide bonds. The fourth-order valence-electron chi connectivity index (χ4n) is 6.28. The summed E-state index contributed by atoms with van der Waals surface area (Å²) in [5.74, 6) is 0. The molecular formula is C28H50O21. The van der Waals surface area contributed by atoms with Gasteiger partial charge in [-0.2, -0.15) is 0 Å². The van der Waals surface area contributed by atoms with Gasteiger partial charge in [0.05, 0.1) is 26.4 Å². The van der Waals surface area contributed by atoms with Crippen molar-refractivity contribution in [3.8, 4) is 0 Å². The number of hydrogen-bond donors (Lipinski definition) is 11. The molecule has 0 aromatic rings. The van der Waals surface area contributed by atoms with Gasteiger partial charge < -0.3 is 104 Å². The minimum atomic E-state index is -1.88. The highest BCUT2D eigenvalue weighted by molar-refractivity contribution is 4.97. The van der Waals surface area contributed by atoms with Crippen LogP contribution in [0.15, 0.2) is 0 Å². The second-order valence-electron chi connectivity index (χ2n) is 12.0. The maximum atomic E-state index is 11.0. The predicted octanol–water partition coefficient (Wildman–Crippen LogP) is -7.40. The maximum absolute atomic E-state index is 11.0. The topological polar surface area (TPSA) is 315 Å². The highest BCUT2D eigenvalue weighted by Gasteiger charge is 2.54. The molecule has 0 spiro atoms. The molecule has 11 N–H and O–H groups in total. The summed E-state index contributed by atoms with van der Waals surface area (Å²) in [7, 11) is 2.42. The average Bonchev–Trinajstić information content (AvgIpc) is 3.10. The fraction of sp³-hybridized carbons (Fsp3) is 1.00. The molecule has 4 rings (SSSR count). The minimum Gasteiger partial charge on any atom is -0.394 e. The summed E-state index contributed by atoms with van der Waals surface area (Å²) < 4.78 is 55.1. The van der Waals surface area contributed by atoms with Crippen molar-refractivity contribution in [3.05, 3.63) is 0 Å². The first-order chi connectivity index (χ1) is 23.4. The Morgan fingerprint density at radius 2 is 0.816 bits per heavy atom. The predicted molar refractivity (Wildman–Crippen MR) is 153 cm³/mol. The second-order valence-corrected chi connectivity index (χ2v) is 12.0. The van der Waals surface area contributed by atoms with Gasteiger partial charge in [-0.25, -0.2) is 0 Å². The smallest absolute Gasteiger partial charge is 0.187 e. The van der Waals surface area contributed by atoms with Crippen LogP contribution in [-0.2, 0) is 47.4 Å². The van der Waals surface area contributed by atoms with Gasteiger partial charge in [0.25, 0.3) is 0 Å². The van der Waals surface area contributed by atoms with E-state index in [0.29, 0.717) is 0 Å². The molecule has 4 fully saturated rings. The molecule has 288 valence electrons. The first kappa shape index (κ1) is 40.9. The van der Waals surface area contributed by atoms with Crippen LogP contribution in [0.25, 0.3) is 0 Å². The summed E-state index contributed by atoms with van der Waals surface area (Å²) in [6.45, 7) is -0.894. The summed E-state index contributed by atoms with van der Waals surface area (Å²) >= 11 is 0. The van der Waals surface area contributed by atoms with Crippen molar-refractivity contribution in [3.63, 3.8) is 0 Å². The zero-order chi connectivity index (χ0) is 36.2. The van der Waals surface area contributed by atoms with Crippen LogP contribution in [0.2, 0.25) is 0 Å². The molecule has 0 saturated carbocycles. The Bertz CT molecular complexity index is 977. The largest absolute Gasteiger partial charge is 0.394 e. The van der Waals surface area contributed by atoms with Crippen molar-refractivity contribution in [1.29, 1.82) is 0 Å². The lowest BCUT2D eigenvalue weighted by molar-refractivity contribution is -0.374. The molecule has 20 unspecified atom stereocenters. The molecule has 21 heteroatoms. The van der Waals surface area contributed by atoms with Gasteiger partial charge >= 0.3 is 0 Å². The van der Waals surface area contributed by atoms with Crippen LogP contribution >= 0.6 is 0 Å². The van der Waals surface area contributed by atoms with Crippen LogP contribution < -0.4 is 0 Å². The Morgan fingerprint density at radius 1 is 0.429 bits per heavy atom. The Labute approximate surface area is 280 Å². The number of methoxy groups -OCH3 is 2. The van der Waals surface area contributed by atoms with Crippen molar-refractivity contribution >= 4 is 0 Å². The molecule has 0 radical (unpaired) electrons. The average molecular weight is 723 g/mol. The van der Waals surface area contributed by atoms with Gasteiger partial charge in [-0.15, -0.1) is 0 Å². The van der Waals surface area contributed by atoms with Gasteiger partial charge in [0, 0.05) is 20.8 Å². The van der Waals surface area contributed by atoms with Crippen LogP contribution in [0.5, 0.6) is 0 Å². The third-order valence-electron chi connectivity index (χ3n) is 8.97. The number of aliphatic hydroxyl groups excluding tert-OH is 11. The van der Waals surface area contributed by atoms with E-state index in [9.17, 15) is 56.2 Å². The van der Waals surface area contributed by atoms with Crippen molar-refractivity contribution in [1.82, 2.24) is 0 Å². The summed E-state index contributed by atoms with van der Waals surface area (Å²) in [5.41, 5.74) is 0. The molecule has 20 atom stereocenters. The van der Waals surface area contributed by atoms with E-state index in [4.69, 9.17) is 47.4 Å². The Morgan fingerprint density at radius 3 is 1.31 bits per heavy atom. The fourth-order valence-corrected chi connectivity index (χ4v) is 6.28. The van der Waals surface area contributed by atoms with Crippen molar-refractivity contribution in [2.24, 2.45) is 0 Å². The molecule has 0 aliphatic carbocycles. The van der Waals surface area contributed by atoms with Crippen LogP contribution in [0, 0.1) is 0 Å². The zero-order valence-electron chi connectivity index (χ0n) is 27.1. The van der Waals surface area contributed by atoms with Crippen molar-refractivity contribution in [2.75, 3.05) is 47.3 Å². The molecule has 21 nitrogen and oxygen atoms in total. The van der Waals surface area contributed by atoms with E-state index in [-0.39, 0.29) is 6.61 Å². The SMILES string of the molecule is CCOC1C(CO)OC(OC2C(COC3OC(CO)C(OC4OC(CO)C(OC)C(O)C4O)C(O)C3O)OC(OC)C(O)C2O)C(O)C1O. The standard InChI is InChI=1S/C28H50O21/c1-4-42-22-10(6-30)46-28(20(39)14(22)33)49-24-12(47-25(41-3)17(36)15(24)34)8-43-26-18(37)16(35)23(11(7-31)44-26)48-27-19(38)13(32)21(40-2)9(5-29)45-27/h9-39H,4-8H2,1-3H3.